The molecule has 1 aliphatic heterocycles. The molecule has 2 N–H and O–H groups in total. The Bertz CT molecular complexity index is 869. The maximum Gasteiger partial charge on any atom is 0.319 e. The molecule has 0 bridgehead atoms. The summed E-state index contributed by atoms with van der Waals surface area (Å²) in [4.78, 5) is 30.8. The molecule has 8 nitrogen and oxygen atoms in total. The van der Waals surface area contributed by atoms with Crippen molar-refractivity contribution in [1.82, 2.24) is 15.2 Å². The van der Waals surface area contributed by atoms with Crippen molar-refractivity contribution in [1.29, 1.82) is 0 Å². The summed E-state index contributed by atoms with van der Waals surface area (Å²) in [6, 6.07) is 8.75. The smallest absolute Gasteiger partial charge is 0.319 e. The summed E-state index contributed by atoms with van der Waals surface area (Å²) in [6.45, 7) is 2.14. The predicted molar refractivity (Wildman–Crippen MR) is 123 cm³/mol. The zero-order chi connectivity index (χ0) is 22.8. The largest absolute Gasteiger partial charge is 0.496 e. The van der Waals surface area contributed by atoms with Crippen molar-refractivity contribution < 1.29 is 19.1 Å². The number of nitrogens with zero attached hydrogens (tertiary/aromatic N) is 2. The lowest BCUT2D eigenvalue weighted by molar-refractivity contribution is 0.0779. The van der Waals surface area contributed by atoms with Crippen LogP contribution in [-0.4, -0.2) is 55.7 Å². The van der Waals surface area contributed by atoms with Crippen LogP contribution < -0.4 is 20.1 Å². The molecule has 0 spiro atoms. The van der Waals surface area contributed by atoms with Gasteiger partial charge in [0.25, 0.3) is 5.91 Å². The molecule has 3 amide bonds. The van der Waals surface area contributed by atoms with Gasteiger partial charge in [0, 0.05) is 25.8 Å². The topological polar surface area (TPSA) is 92.8 Å². The maximum atomic E-state index is 13.1. The van der Waals surface area contributed by atoms with E-state index in [0.717, 1.165) is 45.2 Å². The second-order valence-electron chi connectivity index (χ2n) is 7.92. The van der Waals surface area contributed by atoms with Gasteiger partial charge in [0.15, 0.2) is 0 Å². The molecule has 0 aliphatic carbocycles. The summed E-state index contributed by atoms with van der Waals surface area (Å²) in [6.07, 6.45) is 8.41. The highest BCUT2D eigenvalue weighted by atomic mass is 16.5. The van der Waals surface area contributed by atoms with Crippen LogP contribution in [0.1, 0.15) is 42.5 Å². The third kappa shape index (κ3) is 6.35. The molecular formula is C24H32N4O4. The number of nitrogens with one attached hydrogen (secondary N) is 2. The minimum absolute atomic E-state index is 0.0365. The molecule has 0 radical (unpaired) electrons. The molecule has 1 fully saturated rings. The molecule has 2 heterocycles. The molecule has 8 heteroatoms. The molecule has 1 atom stereocenters. The average molecular weight is 441 g/mol. The summed E-state index contributed by atoms with van der Waals surface area (Å²) < 4.78 is 10.8. The average Bonchev–Trinajstić information content (AvgIpc) is 3.29. The van der Waals surface area contributed by atoms with Crippen molar-refractivity contribution >= 4 is 17.6 Å². The number of aromatic nitrogens is 1. The van der Waals surface area contributed by atoms with E-state index in [0.29, 0.717) is 35.2 Å². The van der Waals surface area contributed by atoms with Crippen LogP contribution in [0.3, 0.4) is 0 Å². The van der Waals surface area contributed by atoms with E-state index in [4.69, 9.17) is 9.47 Å². The minimum atomic E-state index is -0.213. The second-order valence-corrected chi connectivity index (χ2v) is 7.92. The van der Waals surface area contributed by atoms with Gasteiger partial charge in [0.1, 0.15) is 17.1 Å². The van der Waals surface area contributed by atoms with Gasteiger partial charge in [0.05, 0.1) is 26.1 Å². The summed E-state index contributed by atoms with van der Waals surface area (Å²) in [7, 11) is 3.13. The lowest BCUT2D eigenvalue weighted by Gasteiger charge is -2.20. The van der Waals surface area contributed by atoms with E-state index in [1.54, 1.807) is 50.9 Å². The highest BCUT2D eigenvalue weighted by Gasteiger charge is 2.30. The number of benzene rings is 1. The second kappa shape index (κ2) is 11.9. The first kappa shape index (κ1) is 23.4. The van der Waals surface area contributed by atoms with Gasteiger partial charge in [-0.3, -0.25) is 9.78 Å². The van der Waals surface area contributed by atoms with Crippen molar-refractivity contribution in [3.63, 3.8) is 0 Å². The fourth-order valence-electron chi connectivity index (χ4n) is 4.02. The van der Waals surface area contributed by atoms with Gasteiger partial charge in [-0.1, -0.05) is 18.9 Å². The fourth-order valence-corrected chi connectivity index (χ4v) is 4.02. The first-order valence-corrected chi connectivity index (χ1v) is 11.1. The zero-order valence-corrected chi connectivity index (χ0v) is 18.8. The van der Waals surface area contributed by atoms with Gasteiger partial charge >= 0.3 is 6.03 Å². The molecule has 1 aromatic heterocycles. The van der Waals surface area contributed by atoms with E-state index in [9.17, 15) is 9.59 Å². The molecule has 1 unspecified atom stereocenters. The van der Waals surface area contributed by atoms with Crippen LogP contribution in [0.15, 0.2) is 42.7 Å². The van der Waals surface area contributed by atoms with Crippen LogP contribution in [-0.2, 0) is 0 Å². The monoisotopic (exact) mass is 440 g/mol. The molecule has 172 valence electrons. The van der Waals surface area contributed by atoms with Gasteiger partial charge in [-0.15, -0.1) is 0 Å². The first-order valence-electron chi connectivity index (χ1n) is 11.1. The summed E-state index contributed by atoms with van der Waals surface area (Å²) in [5.41, 5.74) is 1.17. The quantitative estimate of drug-likeness (QED) is 0.546. The number of urea groups is 1. The normalized spacial score (nSPS) is 15.3. The van der Waals surface area contributed by atoms with E-state index in [2.05, 4.69) is 15.6 Å². The van der Waals surface area contributed by atoms with Crippen LogP contribution >= 0.6 is 0 Å². The van der Waals surface area contributed by atoms with Crippen LogP contribution in [0.4, 0.5) is 10.5 Å². The van der Waals surface area contributed by atoms with Crippen molar-refractivity contribution in [3.8, 4) is 11.5 Å². The predicted octanol–water partition coefficient (Wildman–Crippen LogP) is 3.94. The van der Waals surface area contributed by atoms with Gasteiger partial charge in [0.2, 0.25) is 0 Å². The SMILES string of the molecule is COc1cccc(OC)c1C(=O)N1CCC(CCCCCNC(=O)Nc2cccnc2)C1. The number of unbranched alkanes of at least 4 members (excludes halogenated alkanes) is 2. The third-order valence-electron chi connectivity index (χ3n) is 5.71. The fraction of sp³-hybridized carbons (Fsp3) is 0.458. The Morgan fingerprint density at radius 2 is 1.88 bits per heavy atom. The van der Waals surface area contributed by atoms with Crippen molar-refractivity contribution in [2.75, 3.05) is 39.2 Å². The first-order chi connectivity index (χ1) is 15.6. The third-order valence-corrected chi connectivity index (χ3v) is 5.71. The standard InChI is InChI=1S/C24H32N4O4/c1-31-20-10-6-11-21(32-2)22(20)23(29)28-15-12-18(17-28)8-4-3-5-14-26-24(30)27-19-9-7-13-25-16-19/h6-7,9-11,13,16,18H,3-5,8,12,14-15,17H2,1-2H3,(H2,26,27,30). The van der Waals surface area contributed by atoms with Crippen LogP contribution in [0.25, 0.3) is 0 Å². The Kier molecular flexibility index (Phi) is 8.71. The molecule has 0 saturated carbocycles. The van der Waals surface area contributed by atoms with Crippen molar-refractivity contribution in [2.45, 2.75) is 32.1 Å². The number of pyridine rings is 1. The zero-order valence-electron chi connectivity index (χ0n) is 18.8. The Morgan fingerprint density at radius 3 is 2.56 bits per heavy atom. The molecule has 2 aromatic rings. The summed E-state index contributed by atoms with van der Waals surface area (Å²) >= 11 is 0. The number of carbonyl (C=O) groups excluding carboxylic acids is 2. The Labute approximate surface area is 189 Å². The molecule has 1 aliphatic rings. The lowest BCUT2D eigenvalue weighted by atomic mass is 10.0. The number of anilines is 1. The van der Waals surface area contributed by atoms with Gasteiger partial charge in [-0.25, -0.2) is 4.79 Å². The minimum Gasteiger partial charge on any atom is -0.496 e. The Balaban J connectivity index is 1.35. The van der Waals surface area contributed by atoms with Crippen LogP contribution in [0.2, 0.25) is 0 Å². The maximum absolute atomic E-state index is 13.1. The van der Waals surface area contributed by atoms with Crippen molar-refractivity contribution in [2.24, 2.45) is 5.92 Å². The van der Waals surface area contributed by atoms with Crippen LogP contribution in [0.5, 0.6) is 11.5 Å². The lowest BCUT2D eigenvalue weighted by Crippen LogP contribution is -2.29. The molecular weight excluding hydrogens is 408 g/mol. The molecule has 1 saturated heterocycles. The number of ether oxygens (including phenoxy) is 2. The number of rotatable bonds is 10. The summed E-state index contributed by atoms with van der Waals surface area (Å²) in [5.74, 6) is 1.54. The van der Waals surface area contributed by atoms with E-state index < -0.39 is 0 Å². The number of likely N-dealkylation sites (tertiary alicyclic amines) is 1. The van der Waals surface area contributed by atoms with Gasteiger partial charge in [-0.05, 0) is 49.4 Å². The van der Waals surface area contributed by atoms with Gasteiger partial charge in [-0.2, -0.15) is 0 Å². The molecule has 3 rings (SSSR count). The number of amides is 3. The number of hydrogen-bond acceptors (Lipinski definition) is 5. The van der Waals surface area contributed by atoms with Crippen molar-refractivity contribution in [3.05, 3.63) is 48.3 Å². The molecule has 1 aromatic carbocycles. The highest BCUT2D eigenvalue weighted by molar-refractivity contribution is 5.99. The Morgan fingerprint density at radius 1 is 1.09 bits per heavy atom. The Hall–Kier alpha value is -3.29. The molecule has 32 heavy (non-hydrogen) atoms. The van der Waals surface area contributed by atoms with E-state index >= 15 is 0 Å². The highest BCUT2D eigenvalue weighted by Crippen LogP contribution is 2.32. The van der Waals surface area contributed by atoms with Crippen LogP contribution in [0, 0.1) is 5.92 Å². The number of carbonyl (C=O) groups is 2. The van der Waals surface area contributed by atoms with Gasteiger partial charge < -0.3 is 25.0 Å². The number of hydrogen-bond donors (Lipinski definition) is 2. The summed E-state index contributed by atoms with van der Waals surface area (Å²) in [5, 5.41) is 5.62. The number of methoxy groups -OCH3 is 2. The van der Waals surface area contributed by atoms with E-state index in [-0.39, 0.29) is 11.9 Å². The van der Waals surface area contributed by atoms with E-state index in [1.165, 1.54) is 0 Å². The van der Waals surface area contributed by atoms with E-state index in [1.807, 2.05) is 11.0 Å².